The van der Waals surface area contributed by atoms with E-state index in [1.54, 1.807) is 0 Å². The quantitative estimate of drug-likeness (QED) is 0.778. The summed E-state index contributed by atoms with van der Waals surface area (Å²) >= 11 is 0. The Morgan fingerprint density at radius 1 is 1.39 bits per heavy atom. The van der Waals surface area contributed by atoms with Gasteiger partial charge in [-0.2, -0.15) is 0 Å². The van der Waals surface area contributed by atoms with Crippen LogP contribution in [0.25, 0.3) is 0 Å². The monoisotopic (exact) mass is 253 g/mol. The van der Waals surface area contributed by atoms with Gasteiger partial charge < -0.3 is 10.0 Å². The van der Waals surface area contributed by atoms with Crippen LogP contribution in [0.2, 0.25) is 0 Å². The van der Waals surface area contributed by atoms with E-state index in [1.165, 1.54) is 15.9 Å². The molecule has 1 aromatic rings. The summed E-state index contributed by atoms with van der Waals surface area (Å²) in [5, 5.41) is 19.7. The van der Waals surface area contributed by atoms with Crippen LogP contribution in [0, 0.1) is 0 Å². The van der Waals surface area contributed by atoms with Crippen LogP contribution in [0.3, 0.4) is 0 Å². The number of piperidine rings is 1. The Morgan fingerprint density at radius 2 is 2.22 bits per heavy atom. The standard InChI is InChI=1S/C10H15N5O3/c16-9(4-6-14-7-11-12-13-14)15-5-2-1-3-8(15)10(17)18/h7-8H,1-6H2,(H,17,18)/t8-/m1/s1. The number of likely N-dealkylation sites (tertiary alicyclic amines) is 1. The van der Waals surface area contributed by atoms with Crippen LogP contribution >= 0.6 is 0 Å². The summed E-state index contributed by atoms with van der Waals surface area (Å²) in [5.41, 5.74) is 0. The van der Waals surface area contributed by atoms with Crippen molar-refractivity contribution in [2.24, 2.45) is 0 Å². The minimum atomic E-state index is -0.925. The van der Waals surface area contributed by atoms with Crippen molar-refractivity contribution in [3.8, 4) is 0 Å². The number of nitrogens with zero attached hydrogens (tertiary/aromatic N) is 5. The summed E-state index contributed by atoms with van der Waals surface area (Å²) in [5.74, 6) is -1.08. The number of carbonyl (C=O) groups excluding carboxylic acids is 1. The first-order valence-corrected chi connectivity index (χ1v) is 5.91. The maximum absolute atomic E-state index is 12.0. The zero-order valence-electron chi connectivity index (χ0n) is 9.90. The molecule has 1 N–H and O–H groups in total. The van der Waals surface area contributed by atoms with Crippen LogP contribution < -0.4 is 0 Å². The lowest BCUT2D eigenvalue weighted by Gasteiger charge is -2.32. The van der Waals surface area contributed by atoms with E-state index in [2.05, 4.69) is 15.5 Å². The molecule has 0 radical (unpaired) electrons. The van der Waals surface area contributed by atoms with Crippen LogP contribution in [0.4, 0.5) is 0 Å². The number of aromatic nitrogens is 4. The maximum Gasteiger partial charge on any atom is 0.326 e. The molecule has 1 aliphatic rings. The average Bonchev–Trinajstić information content (AvgIpc) is 2.89. The number of carboxylic acids is 1. The van der Waals surface area contributed by atoms with Gasteiger partial charge in [0.25, 0.3) is 0 Å². The number of aryl methyl sites for hydroxylation is 1. The predicted molar refractivity (Wildman–Crippen MR) is 59.4 cm³/mol. The molecule has 2 rings (SSSR count). The first-order valence-electron chi connectivity index (χ1n) is 5.91. The highest BCUT2D eigenvalue weighted by molar-refractivity contribution is 5.83. The van der Waals surface area contributed by atoms with Crippen molar-refractivity contribution in [2.45, 2.75) is 38.3 Å². The van der Waals surface area contributed by atoms with Crippen LogP contribution in [0.15, 0.2) is 6.33 Å². The molecule has 0 aromatic carbocycles. The fourth-order valence-corrected chi connectivity index (χ4v) is 2.12. The molecule has 1 aliphatic heterocycles. The fourth-order valence-electron chi connectivity index (χ4n) is 2.12. The smallest absolute Gasteiger partial charge is 0.326 e. The lowest BCUT2D eigenvalue weighted by molar-refractivity contribution is -0.152. The highest BCUT2D eigenvalue weighted by atomic mass is 16.4. The number of aliphatic carboxylic acids is 1. The van der Waals surface area contributed by atoms with Crippen LogP contribution in [-0.4, -0.2) is 54.7 Å². The molecular weight excluding hydrogens is 238 g/mol. The Labute approximate surface area is 104 Å². The molecule has 1 atom stereocenters. The van der Waals surface area contributed by atoms with E-state index in [4.69, 9.17) is 5.11 Å². The Kier molecular flexibility index (Phi) is 3.85. The van der Waals surface area contributed by atoms with Crippen molar-refractivity contribution < 1.29 is 14.7 Å². The van der Waals surface area contributed by atoms with E-state index in [0.29, 0.717) is 19.5 Å². The Bertz CT molecular complexity index is 419. The van der Waals surface area contributed by atoms with E-state index >= 15 is 0 Å². The highest BCUT2D eigenvalue weighted by Gasteiger charge is 2.31. The van der Waals surface area contributed by atoms with Gasteiger partial charge in [-0.25, -0.2) is 9.48 Å². The summed E-state index contributed by atoms with van der Waals surface area (Å²) in [7, 11) is 0. The lowest BCUT2D eigenvalue weighted by atomic mass is 10.0. The predicted octanol–water partition coefficient (Wildman–Crippen LogP) is -0.471. The van der Waals surface area contributed by atoms with Gasteiger partial charge in [-0.3, -0.25) is 4.79 Å². The number of rotatable bonds is 4. The summed E-state index contributed by atoms with van der Waals surface area (Å²) in [6.07, 6.45) is 3.90. The molecule has 0 unspecified atom stereocenters. The third-order valence-corrected chi connectivity index (χ3v) is 3.05. The second-order valence-corrected chi connectivity index (χ2v) is 4.26. The van der Waals surface area contributed by atoms with Gasteiger partial charge in [0.2, 0.25) is 5.91 Å². The Balaban J connectivity index is 1.92. The summed E-state index contributed by atoms with van der Waals surface area (Å²) in [6, 6.07) is -0.680. The molecule has 0 spiro atoms. The molecule has 2 heterocycles. The normalized spacial score (nSPS) is 19.8. The van der Waals surface area contributed by atoms with Crippen molar-refractivity contribution in [3.05, 3.63) is 6.33 Å². The van der Waals surface area contributed by atoms with Gasteiger partial charge >= 0.3 is 5.97 Å². The number of hydrogen-bond acceptors (Lipinski definition) is 5. The number of carboxylic acid groups (broad SMARTS) is 1. The van der Waals surface area contributed by atoms with Gasteiger partial charge in [0, 0.05) is 13.0 Å². The van der Waals surface area contributed by atoms with Gasteiger partial charge in [-0.1, -0.05) is 0 Å². The van der Waals surface area contributed by atoms with Crippen molar-refractivity contribution in [1.82, 2.24) is 25.1 Å². The third-order valence-electron chi connectivity index (χ3n) is 3.05. The second kappa shape index (κ2) is 5.56. The van der Waals surface area contributed by atoms with Crippen molar-refractivity contribution in [1.29, 1.82) is 0 Å². The summed E-state index contributed by atoms with van der Waals surface area (Å²) < 4.78 is 1.46. The van der Waals surface area contributed by atoms with Crippen molar-refractivity contribution in [3.63, 3.8) is 0 Å². The molecule has 98 valence electrons. The van der Waals surface area contributed by atoms with Crippen LogP contribution in [-0.2, 0) is 16.1 Å². The van der Waals surface area contributed by atoms with Gasteiger partial charge in [0.15, 0.2) is 0 Å². The molecule has 1 fully saturated rings. The first kappa shape index (κ1) is 12.5. The maximum atomic E-state index is 12.0. The molecule has 18 heavy (non-hydrogen) atoms. The third kappa shape index (κ3) is 2.82. The van der Waals surface area contributed by atoms with E-state index in [0.717, 1.165) is 12.8 Å². The Hall–Kier alpha value is -1.99. The van der Waals surface area contributed by atoms with Gasteiger partial charge in [-0.05, 0) is 29.7 Å². The van der Waals surface area contributed by atoms with Gasteiger partial charge in [-0.15, -0.1) is 5.10 Å². The number of hydrogen-bond donors (Lipinski definition) is 1. The minimum absolute atomic E-state index is 0.155. The van der Waals surface area contributed by atoms with E-state index < -0.39 is 12.0 Å². The largest absolute Gasteiger partial charge is 0.480 e. The molecule has 0 aliphatic carbocycles. The van der Waals surface area contributed by atoms with Crippen LogP contribution in [0.1, 0.15) is 25.7 Å². The molecular formula is C10H15N5O3. The highest BCUT2D eigenvalue weighted by Crippen LogP contribution is 2.18. The first-order chi connectivity index (χ1) is 8.68. The topological polar surface area (TPSA) is 101 Å². The molecule has 8 nitrogen and oxygen atoms in total. The van der Waals surface area contributed by atoms with Gasteiger partial charge in [0.05, 0.1) is 6.54 Å². The average molecular weight is 253 g/mol. The molecule has 1 aromatic heterocycles. The molecule has 8 heteroatoms. The number of tetrazole rings is 1. The van der Waals surface area contributed by atoms with E-state index in [9.17, 15) is 9.59 Å². The second-order valence-electron chi connectivity index (χ2n) is 4.26. The zero-order chi connectivity index (χ0) is 13.0. The molecule has 1 saturated heterocycles. The van der Waals surface area contributed by atoms with Crippen molar-refractivity contribution in [2.75, 3.05) is 6.54 Å². The van der Waals surface area contributed by atoms with Gasteiger partial charge in [0.1, 0.15) is 12.4 Å². The zero-order valence-corrected chi connectivity index (χ0v) is 9.90. The van der Waals surface area contributed by atoms with Crippen LogP contribution in [0.5, 0.6) is 0 Å². The van der Waals surface area contributed by atoms with Crippen molar-refractivity contribution >= 4 is 11.9 Å². The minimum Gasteiger partial charge on any atom is -0.480 e. The van der Waals surface area contributed by atoms with E-state index in [1.807, 2.05) is 0 Å². The molecule has 0 bridgehead atoms. The molecule has 0 saturated carbocycles. The summed E-state index contributed by atoms with van der Waals surface area (Å²) in [4.78, 5) is 24.5. The number of carbonyl (C=O) groups is 2. The lowest BCUT2D eigenvalue weighted by Crippen LogP contribution is -2.48. The summed E-state index contributed by atoms with van der Waals surface area (Å²) in [6.45, 7) is 0.889. The Morgan fingerprint density at radius 3 is 2.89 bits per heavy atom. The molecule has 1 amide bonds. The fraction of sp³-hybridized carbons (Fsp3) is 0.700. The number of amides is 1. The SMILES string of the molecule is O=C(O)[C@H]1CCCCN1C(=O)CCn1cnnn1. The van der Waals surface area contributed by atoms with E-state index in [-0.39, 0.29) is 12.3 Å².